The average molecular weight is 168 g/mol. The fourth-order valence-electron chi connectivity index (χ4n) is 1.64. The molecule has 1 heterocycles. The van der Waals surface area contributed by atoms with Gasteiger partial charge in [-0.3, -0.25) is 4.79 Å². The summed E-state index contributed by atoms with van der Waals surface area (Å²) < 4.78 is 11.0. The van der Waals surface area contributed by atoms with Crippen molar-refractivity contribution < 1.29 is 14.3 Å². The van der Waals surface area contributed by atoms with Crippen molar-refractivity contribution in [2.45, 2.75) is 25.0 Å². The minimum Gasteiger partial charge on any atom is -0.372 e. The van der Waals surface area contributed by atoms with Gasteiger partial charge in [0.2, 0.25) is 0 Å². The van der Waals surface area contributed by atoms with Crippen LogP contribution in [0.15, 0.2) is 12.2 Å². The van der Waals surface area contributed by atoms with Gasteiger partial charge in [-0.2, -0.15) is 0 Å². The number of carbonyl (C=O) groups excluding carboxylic acids is 1. The molecule has 66 valence electrons. The van der Waals surface area contributed by atoms with Crippen molar-refractivity contribution in [1.82, 2.24) is 0 Å². The number of rotatable bonds is 0. The molecule has 0 bridgehead atoms. The summed E-state index contributed by atoms with van der Waals surface area (Å²) in [5.41, 5.74) is -0.369. The number of carbonyl (C=O) groups is 1. The van der Waals surface area contributed by atoms with Crippen LogP contribution in [0.4, 0.5) is 0 Å². The fourth-order valence-corrected chi connectivity index (χ4v) is 1.64. The molecule has 3 heteroatoms. The molecule has 1 fully saturated rings. The highest BCUT2D eigenvalue weighted by Gasteiger charge is 2.40. The number of fused-ring (bicyclic) bond motifs is 1. The topological polar surface area (TPSA) is 35.5 Å². The smallest absolute Gasteiger partial charge is 0.158 e. The van der Waals surface area contributed by atoms with E-state index in [0.29, 0.717) is 19.6 Å². The van der Waals surface area contributed by atoms with Crippen LogP contribution in [0.5, 0.6) is 0 Å². The van der Waals surface area contributed by atoms with Crippen LogP contribution in [0.1, 0.15) is 13.3 Å². The standard InChI is InChI=1S/C9H12O3/c1-9-3-2-7(10)6-8(9)11-4-5-12-9/h2-3,8H,4-6H2,1H3/t8-,9+/m0/s1. The third kappa shape index (κ3) is 1.19. The van der Waals surface area contributed by atoms with Crippen LogP contribution in [0.25, 0.3) is 0 Å². The van der Waals surface area contributed by atoms with Crippen molar-refractivity contribution in [3.63, 3.8) is 0 Å². The number of hydrogen-bond donors (Lipinski definition) is 0. The largest absolute Gasteiger partial charge is 0.372 e. The van der Waals surface area contributed by atoms with E-state index in [2.05, 4.69) is 0 Å². The lowest BCUT2D eigenvalue weighted by molar-refractivity contribution is -0.178. The Hall–Kier alpha value is -0.670. The first kappa shape index (κ1) is 7.95. The van der Waals surface area contributed by atoms with E-state index in [-0.39, 0.29) is 17.5 Å². The quantitative estimate of drug-likeness (QED) is 0.534. The summed E-state index contributed by atoms with van der Waals surface area (Å²) in [5.74, 6) is 0.128. The third-order valence-corrected chi connectivity index (χ3v) is 2.44. The third-order valence-electron chi connectivity index (χ3n) is 2.44. The molecule has 1 aliphatic carbocycles. The second-order valence-electron chi connectivity index (χ2n) is 3.40. The van der Waals surface area contributed by atoms with Crippen LogP contribution in [-0.4, -0.2) is 30.7 Å². The maximum atomic E-state index is 11.0. The van der Waals surface area contributed by atoms with E-state index in [4.69, 9.17) is 9.47 Å². The Bertz CT molecular complexity index is 234. The van der Waals surface area contributed by atoms with Crippen molar-refractivity contribution in [3.05, 3.63) is 12.2 Å². The molecule has 0 N–H and O–H groups in total. The predicted molar refractivity (Wildman–Crippen MR) is 42.9 cm³/mol. The van der Waals surface area contributed by atoms with Crippen molar-refractivity contribution >= 4 is 5.78 Å². The first-order chi connectivity index (χ1) is 5.71. The Labute approximate surface area is 71.3 Å². The lowest BCUT2D eigenvalue weighted by Crippen LogP contribution is -2.50. The molecule has 0 amide bonds. The molecule has 0 saturated carbocycles. The Kier molecular flexibility index (Phi) is 1.77. The van der Waals surface area contributed by atoms with E-state index < -0.39 is 0 Å². The molecule has 0 aromatic rings. The highest BCUT2D eigenvalue weighted by molar-refractivity contribution is 5.91. The summed E-state index contributed by atoms with van der Waals surface area (Å²) >= 11 is 0. The van der Waals surface area contributed by atoms with Crippen LogP contribution in [-0.2, 0) is 14.3 Å². The summed E-state index contributed by atoms with van der Waals surface area (Å²) in [7, 11) is 0. The van der Waals surface area contributed by atoms with Gasteiger partial charge in [-0.1, -0.05) is 0 Å². The molecule has 2 aliphatic rings. The molecule has 2 rings (SSSR count). The number of hydrogen-bond acceptors (Lipinski definition) is 3. The molecule has 2 atom stereocenters. The molecule has 0 radical (unpaired) electrons. The van der Waals surface area contributed by atoms with Gasteiger partial charge >= 0.3 is 0 Å². The van der Waals surface area contributed by atoms with Gasteiger partial charge in [-0.25, -0.2) is 0 Å². The van der Waals surface area contributed by atoms with Gasteiger partial charge in [0, 0.05) is 6.42 Å². The molecule has 0 aromatic carbocycles. The van der Waals surface area contributed by atoms with Gasteiger partial charge in [0.15, 0.2) is 5.78 Å². The number of ketones is 1. The van der Waals surface area contributed by atoms with Crippen LogP contribution in [0, 0.1) is 0 Å². The fraction of sp³-hybridized carbons (Fsp3) is 0.667. The summed E-state index contributed by atoms with van der Waals surface area (Å²) in [6.07, 6.45) is 3.77. The van der Waals surface area contributed by atoms with Gasteiger partial charge in [0.1, 0.15) is 5.60 Å². The Morgan fingerprint density at radius 3 is 3.25 bits per heavy atom. The van der Waals surface area contributed by atoms with E-state index in [1.165, 1.54) is 0 Å². The van der Waals surface area contributed by atoms with E-state index in [1.807, 2.05) is 13.0 Å². The van der Waals surface area contributed by atoms with Crippen LogP contribution < -0.4 is 0 Å². The SMILES string of the molecule is C[C@@]12C=CC(=O)C[C@@H]1OCCO2. The minimum atomic E-state index is -0.369. The van der Waals surface area contributed by atoms with Gasteiger partial charge in [-0.15, -0.1) is 0 Å². The lowest BCUT2D eigenvalue weighted by Gasteiger charge is -2.40. The second kappa shape index (κ2) is 2.68. The summed E-state index contributed by atoms with van der Waals surface area (Å²) in [6.45, 7) is 3.17. The number of allylic oxidation sites excluding steroid dienone is 1. The summed E-state index contributed by atoms with van der Waals surface area (Å²) in [4.78, 5) is 11.0. The molecule has 3 nitrogen and oxygen atoms in total. The summed E-state index contributed by atoms with van der Waals surface area (Å²) in [6, 6.07) is 0. The highest BCUT2D eigenvalue weighted by atomic mass is 16.6. The predicted octanol–water partition coefficient (Wildman–Crippen LogP) is 0.689. The first-order valence-electron chi connectivity index (χ1n) is 4.18. The normalized spacial score (nSPS) is 41.1. The Morgan fingerprint density at radius 2 is 2.42 bits per heavy atom. The van der Waals surface area contributed by atoms with E-state index in [0.717, 1.165) is 0 Å². The zero-order valence-electron chi connectivity index (χ0n) is 7.08. The maximum Gasteiger partial charge on any atom is 0.158 e. The van der Waals surface area contributed by atoms with E-state index in [1.54, 1.807) is 6.08 Å². The molecular weight excluding hydrogens is 156 g/mol. The molecule has 1 aliphatic heterocycles. The Morgan fingerprint density at radius 1 is 1.58 bits per heavy atom. The van der Waals surface area contributed by atoms with Crippen molar-refractivity contribution in [3.8, 4) is 0 Å². The van der Waals surface area contributed by atoms with Crippen molar-refractivity contribution in [1.29, 1.82) is 0 Å². The van der Waals surface area contributed by atoms with Crippen molar-refractivity contribution in [2.24, 2.45) is 0 Å². The van der Waals surface area contributed by atoms with Gasteiger partial charge in [0.05, 0.1) is 19.3 Å². The van der Waals surface area contributed by atoms with Gasteiger partial charge in [0.25, 0.3) is 0 Å². The van der Waals surface area contributed by atoms with Gasteiger partial charge in [-0.05, 0) is 19.1 Å². The zero-order valence-corrected chi connectivity index (χ0v) is 7.08. The maximum absolute atomic E-state index is 11.0. The lowest BCUT2D eigenvalue weighted by atomic mass is 9.88. The highest BCUT2D eigenvalue weighted by Crippen LogP contribution is 2.29. The van der Waals surface area contributed by atoms with Gasteiger partial charge < -0.3 is 9.47 Å². The van der Waals surface area contributed by atoms with Crippen LogP contribution >= 0.6 is 0 Å². The molecule has 12 heavy (non-hydrogen) atoms. The molecule has 1 saturated heterocycles. The molecule has 0 aromatic heterocycles. The van der Waals surface area contributed by atoms with E-state index >= 15 is 0 Å². The summed E-state index contributed by atoms with van der Waals surface area (Å²) in [5, 5.41) is 0. The van der Waals surface area contributed by atoms with Crippen LogP contribution in [0.2, 0.25) is 0 Å². The molecule has 0 unspecified atom stereocenters. The van der Waals surface area contributed by atoms with E-state index in [9.17, 15) is 4.79 Å². The molecule has 0 spiro atoms. The Balaban J connectivity index is 2.23. The second-order valence-corrected chi connectivity index (χ2v) is 3.40. The minimum absolute atomic E-state index is 0.0799. The zero-order chi connectivity index (χ0) is 8.60. The van der Waals surface area contributed by atoms with Crippen LogP contribution in [0.3, 0.4) is 0 Å². The monoisotopic (exact) mass is 168 g/mol. The number of ether oxygens (including phenoxy) is 2. The van der Waals surface area contributed by atoms with Crippen molar-refractivity contribution in [2.75, 3.05) is 13.2 Å². The first-order valence-corrected chi connectivity index (χ1v) is 4.18. The molecular formula is C9H12O3. The average Bonchev–Trinajstić information content (AvgIpc) is 2.06.